The van der Waals surface area contributed by atoms with Gasteiger partial charge in [0.25, 0.3) is 0 Å². The third-order valence-electron chi connectivity index (χ3n) is 5.62. The van der Waals surface area contributed by atoms with Crippen LogP contribution in [0.15, 0.2) is 121 Å². The summed E-state index contributed by atoms with van der Waals surface area (Å²) < 4.78 is 5.73. The summed E-state index contributed by atoms with van der Waals surface area (Å²) in [6.07, 6.45) is 16.6. The van der Waals surface area contributed by atoms with Crippen LogP contribution in [0.1, 0.15) is 38.8 Å². The highest BCUT2D eigenvalue weighted by molar-refractivity contribution is 5.63. The van der Waals surface area contributed by atoms with E-state index in [-0.39, 0.29) is 0 Å². The third-order valence-corrected chi connectivity index (χ3v) is 5.62. The molecule has 0 aliphatic carbocycles. The Morgan fingerprint density at radius 3 is 1.88 bits per heavy atom. The summed E-state index contributed by atoms with van der Waals surface area (Å²) in [6.45, 7) is 17.8. The molecule has 0 aliphatic heterocycles. The molecule has 2 rings (SSSR count). The molecule has 0 bridgehead atoms. The van der Waals surface area contributed by atoms with Crippen LogP contribution in [-0.2, 0) is 11.2 Å². The first-order chi connectivity index (χ1) is 15.9. The first-order valence-corrected chi connectivity index (χ1v) is 11.5. The molecule has 0 saturated heterocycles. The predicted octanol–water partition coefficient (Wildman–Crippen LogP) is 8.99. The van der Waals surface area contributed by atoms with Crippen LogP contribution in [0.2, 0.25) is 0 Å². The highest BCUT2D eigenvalue weighted by Gasteiger charge is 2.29. The highest BCUT2D eigenvalue weighted by Crippen LogP contribution is 2.31. The van der Waals surface area contributed by atoms with Gasteiger partial charge < -0.3 is 4.74 Å². The minimum atomic E-state index is -0.491. The SMILES string of the molecule is C=C/C=C\C(=C/C)C(C)(OC)C(/C=C\C)=C/C=C.CCc1ccc(-c2ccc(C)cc2)cc1. The molecule has 1 unspecified atom stereocenters. The molecule has 0 amide bonds. The minimum absolute atomic E-state index is 0.491. The zero-order valence-corrected chi connectivity index (χ0v) is 21.3. The van der Waals surface area contributed by atoms with Crippen LogP contribution >= 0.6 is 0 Å². The Hall–Kier alpha value is -3.16. The van der Waals surface area contributed by atoms with Crippen LogP contribution in [0.4, 0.5) is 0 Å². The predicted molar refractivity (Wildman–Crippen MR) is 148 cm³/mol. The Balaban J connectivity index is 0.000000334. The second-order valence-corrected chi connectivity index (χ2v) is 7.85. The number of ether oxygens (including phenoxy) is 1. The number of benzene rings is 2. The van der Waals surface area contributed by atoms with Gasteiger partial charge in [-0.3, -0.25) is 0 Å². The first kappa shape index (κ1) is 27.9. The molecule has 0 fully saturated rings. The van der Waals surface area contributed by atoms with Crippen LogP contribution in [0.25, 0.3) is 11.1 Å². The van der Waals surface area contributed by atoms with E-state index in [4.69, 9.17) is 4.74 Å². The van der Waals surface area contributed by atoms with Crippen molar-refractivity contribution in [2.24, 2.45) is 0 Å². The smallest absolute Gasteiger partial charge is 0.115 e. The van der Waals surface area contributed by atoms with Crippen LogP contribution in [0.5, 0.6) is 0 Å². The molecule has 0 aromatic heterocycles. The summed E-state index contributed by atoms with van der Waals surface area (Å²) in [5.41, 5.74) is 6.94. The van der Waals surface area contributed by atoms with E-state index in [9.17, 15) is 0 Å². The van der Waals surface area contributed by atoms with Crippen molar-refractivity contribution in [2.75, 3.05) is 7.11 Å². The molecule has 174 valence electrons. The van der Waals surface area contributed by atoms with Gasteiger partial charge in [0.2, 0.25) is 0 Å². The Morgan fingerprint density at radius 1 is 0.879 bits per heavy atom. The van der Waals surface area contributed by atoms with Crippen molar-refractivity contribution < 1.29 is 4.74 Å². The number of allylic oxidation sites excluding steroid dienone is 6. The third kappa shape index (κ3) is 8.36. The van der Waals surface area contributed by atoms with Gasteiger partial charge in [-0.2, -0.15) is 0 Å². The molecule has 2 aromatic rings. The van der Waals surface area contributed by atoms with Crippen molar-refractivity contribution in [3.05, 3.63) is 133 Å². The molecule has 0 aliphatic rings. The number of hydrogen-bond donors (Lipinski definition) is 0. The van der Waals surface area contributed by atoms with Gasteiger partial charge in [0.15, 0.2) is 0 Å². The Kier molecular flexibility index (Phi) is 12.5. The van der Waals surface area contributed by atoms with E-state index in [1.54, 1.807) is 19.3 Å². The lowest BCUT2D eigenvalue weighted by atomic mass is 9.86. The van der Waals surface area contributed by atoms with Gasteiger partial charge in [-0.05, 0) is 62.0 Å². The zero-order valence-electron chi connectivity index (χ0n) is 21.3. The van der Waals surface area contributed by atoms with Crippen molar-refractivity contribution >= 4 is 0 Å². The molecule has 0 heterocycles. The maximum Gasteiger partial charge on any atom is 0.115 e. The van der Waals surface area contributed by atoms with Gasteiger partial charge in [-0.1, -0.05) is 123 Å². The molecular formula is C32H40O. The maximum absolute atomic E-state index is 5.73. The zero-order chi connectivity index (χ0) is 24.7. The van der Waals surface area contributed by atoms with E-state index < -0.39 is 5.60 Å². The molecule has 1 atom stereocenters. The number of aryl methyl sites for hydroxylation is 2. The largest absolute Gasteiger partial charge is 0.369 e. The molecule has 0 N–H and O–H groups in total. The van der Waals surface area contributed by atoms with Crippen molar-refractivity contribution in [3.63, 3.8) is 0 Å². The molecular weight excluding hydrogens is 400 g/mol. The summed E-state index contributed by atoms with van der Waals surface area (Å²) in [4.78, 5) is 0. The van der Waals surface area contributed by atoms with Crippen LogP contribution in [0, 0.1) is 6.92 Å². The summed E-state index contributed by atoms with van der Waals surface area (Å²) in [5.74, 6) is 0. The van der Waals surface area contributed by atoms with Gasteiger partial charge in [-0.25, -0.2) is 0 Å². The van der Waals surface area contributed by atoms with Crippen molar-refractivity contribution in [1.29, 1.82) is 0 Å². The molecule has 0 spiro atoms. The average molecular weight is 441 g/mol. The van der Waals surface area contributed by atoms with Gasteiger partial charge in [0.05, 0.1) is 0 Å². The summed E-state index contributed by atoms with van der Waals surface area (Å²) >= 11 is 0. The van der Waals surface area contributed by atoms with E-state index in [1.807, 2.05) is 57.2 Å². The van der Waals surface area contributed by atoms with Crippen LogP contribution in [-0.4, -0.2) is 12.7 Å². The molecule has 1 nitrogen and oxygen atoms in total. The van der Waals surface area contributed by atoms with Gasteiger partial charge in [0.1, 0.15) is 5.60 Å². The molecule has 0 radical (unpaired) electrons. The normalized spacial score (nSPS) is 14.0. The standard InChI is InChI=1S/C17H24O.C15H16/c1-7-11-14-15(10-4)17(5,18-6)16(12-8-2)13-9-3;1-3-13-6-10-15(11-7-13)14-8-4-12(2)5-9-14/h7-14H,1-2H2,3-6H3;4-11H,3H2,1-2H3/b13-9-,14-11-,15-10+,16-12+;. The lowest BCUT2D eigenvalue weighted by Crippen LogP contribution is -2.31. The number of hydrogen-bond acceptors (Lipinski definition) is 1. The fourth-order valence-corrected chi connectivity index (χ4v) is 3.46. The second kappa shape index (κ2) is 14.8. The Labute approximate surface area is 202 Å². The lowest BCUT2D eigenvalue weighted by Gasteiger charge is -2.31. The fraction of sp³-hybridized carbons (Fsp3) is 0.250. The van der Waals surface area contributed by atoms with Gasteiger partial charge >= 0.3 is 0 Å². The quantitative estimate of drug-likeness (QED) is 0.353. The molecule has 0 saturated carbocycles. The van der Waals surface area contributed by atoms with Crippen LogP contribution in [0.3, 0.4) is 0 Å². The van der Waals surface area contributed by atoms with E-state index in [2.05, 4.69) is 75.5 Å². The number of rotatable bonds is 9. The van der Waals surface area contributed by atoms with Crippen molar-refractivity contribution in [2.45, 2.75) is 46.6 Å². The fourth-order valence-electron chi connectivity index (χ4n) is 3.46. The minimum Gasteiger partial charge on any atom is -0.369 e. The summed E-state index contributed by atoms with van der Waals surface area (Å²) in [6, 6.07) is 17.5. The van der Waals surface area contributed by atoms with Crippen LogP contribution < -0.4 is 0 Å². The van der Waals surface area contributed by atoms with Gasteiger partial charge in [0, 0.05) is 7.11 Å². The maximum atomic E-state index is 5.73. The summed E-state index contributed by atoms with van der Waals surface area (Å²) in [5, 5.41) is 0. The Morgan fingerprint density at radius 2 is 1.45 bits per heavy atom. The average Bonchev–Trinajstić information content (AvgIpc) is 2.85. The topological polar surface area (TPSA) is 9.23 Å². The molecule has 33 heavy (non-hydrogen) atoms. The van der Waals surface area contributed by atoms with E-state index >= 15 is 0 Å². The van der Waals surface area contributed by atoms with E-state index in [1.165, 1.54) is 22.3 Å². The summed E-state index contributed by atoms with van der Waals surface area (Å²) in [7, 11) is 1.71. The first-order valence-electron chi connectivity index (χ1n) is 11.5. The van der Waals surface area contributed by atoms with Gasteiger partial charge in [-0.15, -0.1) is 0 Å². The molecule has 2 aromatic carbocycles. The lowest BCUT2D eigenvalue weighted by molar-refractivity contribution is 0.0759. The molecule has 1 heteroatoms. The monoisotopic (exact) mass is 440 g/mol. The Bertz CT molecular complexity index is 982. The van der Waals surface area contributed by atoms with E-state index in [0.29, 0.717) is 0 Å². The van der Waals surface area contributed by atoms with E-state index in [0.717, 1.165) is 17.6 Å². The number of methoxy groups -OCH3 is 1. The van der Waals surface area contributed by atoms with Crippen molar-refractivity contribution in [1.82, 2.24) is 0 Å². The second-order valence-electron chi connectivity index (χ2n) is 7.85. The van der Waals surface area contributed by atoms with Crippen molar-refractivity contribution in [3.8, 4) is 11.1 Å². The highest BCUT2D eigenvalue weighted by atomic mass is 16.5.